The van der Waals surface area contributed by atoms with E-state index in [1.807, 2.05) is 12.1 Å². The molecule has 0 aromatic heterocycles. The monoisotopic (exact) mass is 505 g/mol. The topological polar surface area (TPSA) is 100 Å². The summed E-state index contributed by atoms with van der Waals surface area (Å²) in [5.74, 6) is -2.31. The maximum atomic E-state index is 13.8. The van der Waals surface area contributed by atoms with Gasteiger partial charge in [0.25, 0.3) is 0 Å². The Bertz CT molecular complexity index is 1240. The van der Waals surface area contributed by atoms with Crippen molar-refractivity contribution in [2.24, 2.45) is 0 Å². The van der Waals surface area contributed by atoms with Crippen LogP contribution < -0.4 is 5.32 Å². The van der Waals surface area contributed by atoms with Gasteiger partial charge in [-0.3, -0.25) is 9.69 Å². The van der Waals surface area contributed by atoms with Gasteiger partial charge >= 0.3 is 6.03 Å². The molecule has 0 saturated carbocycles. The Morgan fingerprint density at radius 2 is 1.86 bits per heavy atom. The van der Waals surface area contributed by atoms with Crippen molar-refractivity contribution >= 4 is 11.9 Å². The highest BCUT2D eigenvalue weighted by molar-refractivity contribution is 5.95. The van der Waals surface area contributed by atoms with Crippen LogP contribution in [0.1, 0.15) is 61.3 Å². The number of carbonyl (C=O) groups is 2. The number of piperidine rings is 2. The predicted molar refractivity (Wildman–Crippen MR) is 132 cm³/mol. The Balaban J connectivity index is 1.29. The van der Waals surface area contributed by atoms with Crippen LogP contribution in [-0.4, -0.2) is 47.9 Å². The Labute approximate surface area is 215 Å². The zero-order chi connectivity index (χ0) is 26.4. The van der Waals surface area contributed by atoms with Crippen molar-refractivity contribution in [3.63, 3.8) is 0 Å². The molecule has 1 unspecified atom stereocenters. The Hall–Kier alpha value is -3.82. The molecule has 37 heavy (non-hydrogen) atoms. The quantitative estimate of drug-likeness (QED) is 0.581. The fourth-order valence-corrected chi connectivity index (χ4v) is 5.34. The maximum absolute atomic E-state index is 13.8. The highest BCUT2D eigenvalue weighted by Gasteiger charge is 2.38. The van der Waals surface area contributed by atoms with Crippen LogP contribution in [0, 0.1) is 34.3 Å². The second kappa shape index (κ2) is 11.5. The molecule has 2 aromatic rings. The van der Waals surface area contributed by atoms with E-state index in [9.17, 15) is 28.9 Å². The van der Waals surface area contributed by atoms with Gasteiger partial charge < -0.3 is 10.2 Å². The molecule has 2 saturated heterocycles. The van der Waals surface area contributed by atoms with E-state index < -0.39 is 29.1 Å². The summed E-state index contributed by atoms with van der Waals surface area (Å²) < 4.78 is 27.1. The van der Waals surface area contributed by atoms with Gasteiger partial charge in [-0.2, -0.15) is 10.5 Å². The molecule has 1 N–H and O–H groups in total. The maximum Gasteiger partial charge on any atom is 0.324 e. The second-order valence-corrected chi connectivity index (χ2v) is 9.62. The molecule has 0 aliphatic carbocycles. The number of nitriles is 2. The number of imide groups is 1. The van der Waals surface area contributed by atoms with Crippen LogP contribution in [0.5, 0.6) is 0 Å². The number of likely N-dealkylation sites (tertiary alicyclic amines) is 2. The molecule has 2 heterocycles. The summed E-state index contributed by atoms with van der Waals surface area (Å²) in [5.41, 5.74) is 1.04. The lowest BCUT2D eigenvalue weighted by atomic mass is 9.72. The van der Waals surface area contributed by atoms with Gasteiger partial charge in [-0.25, -0.2) is 13.6 Å². The summed E-state index contributed by atoms with van der Waals surface area (Å²) in [4.78, 5) is 28.8. The molecule has 7 nitrogen and oxygen atoms in total. The average Bonchev–Trinajstić information content (AvgIpc) is 2.92. The van der Waals surface area contributed by atoms with E-state index in [-0.39, 0.29) is 12.3 Å². The highest BCUT2D eigenvalue weighted by atomic mass is 19.2. The van der Waals surface area contributed by atoms with Crippen molar-refractivity contribution in [3.05, 3.63) is 70.8 Å². The van der Waals surface area contributed by atoms with Gasteiger partial charge in [-0.1, -0.05) is 24.3 Å². The van der Waals surface area contributed by atoms with Crippen molar-refractivity contribution in [2.45, 2.75) is 50.0 Å². The minimum absolute atomic E-state index is 0.233. The third-order valence-electron chi connectivity index (χ3n) is 7.41. The van der Waals surface area contributed by atoms with E-state index in [0.717, 1.165) is 22.6 Å². The molecule has 0 bridgehead atoms. The van der Waals surface area contributed by atoms with Crippen LogP contribution in [0.15, 0.2) is 42.5 Å². The largest absolute Gasteiger partial charge is 0.338 e. The van der Waals surface area contributed by atoms with Crippen LogP contribution in [-0.2, 0) is 10.2 Å². The summed E-state index contributed by atoms with van der Waals surface area (Å²) in [6.07, 6.45) is 3.19. The number of amides is 3. The fraction of sp³-hybridized carbons (Fsp3) is 0.429. The number of hydrogen-bond acceptors (Lipinski definition) is 5. The van der Waals surface area contributed by atoms with E-state index >= 15 is 0 Å². The lowest BCUT2D eigenvalue weighted by molar-refractivity contribution is -0.132. The molecule has 3 amide bonds. The molecule has 4 rings (SSSR count). The molecule has 2 aliphatic heterocycles. The molecule has 0 spiro atoms. The number of nitrogens with zero attached hydrogens (tertiary/aromatic N) is 4. The zero-order valence-electron chi connectivity index (χ0n) is 20.6. The molecule has 0 radical (unpaired) electrons. The van der Waals surface area contributed by atoms with Gasteiger partial charge in [-0.05, 0) is 81.1 Å². The summed E-state index contributed by atoms with van der Waals surface area (Å²) >= 11 is 0. The normalized spacial score (nSPS) is 19.6. The van der Waals surface area contributed by atoms with E-state index in [4.69, 9.17) is 0 Å². The van der Waals surface area contributed by atoms with E-state index in [2.05, 4.69) is 22.4 Å². The number of benzene rings is 2. The Kier molecular flexibility index (Phi) is 8.15. The molecule has 192 valence electrons. The molecule has 1 atom stereocenters. The van der Waals surface area contributed by atoms with Gasteiger partial charge in [0.05, 0.1) is 29.2 Å². The van der Waals surface area contributed by atoms with Crippen molar-refractivity contribution in [1.82, 2.24) is 15.1 Å². The van der Waals surface area contributed by atoms with E-state index in [1.54, 1.807) is 12.1 Å². The lowest BCUT2D eigenvalue weighted by Crippen LogP contribution is -2.48. The third-order valence-corrected chi connectivity index (χ3v) is 7.41. The van der Waals surface area contributed by atoms with Gasteiger partial charge in [-0.15, -0.1) is 0 Å². The van der Waals surface area contributed by atoms with Gasteiger partial charge in [0.15, 0.2) is 11.6 Å². The van der Waals surface area contributed by atoms with Crippen molar-refractivity contribution in [2.75, 3.05) is 26.2 Å². The van der Waals surface area contributed by atoms with E-state index in [0.29, 0.717) is 69.4 Å². The smallest absolute Gasteiger partial charge is 0.324 e. The highest BCUT2D eigenvalue weighted by Crippen LogP contribution is 2.37. The minimum Gasteiger partial charge on any atom is -0.338 e. The first-order chi connectivity index (χ1) is 17.9. The standard InChI is InChI=1S/C28H29F2N5O2/c29-23-10-9-20(17-24(23)30)25-7-3-8-26(36)35(25)27(37)33-13-4-14-34-15-11-28(19-32,12-16-34)22-6-2-1-5-21(22)18-31/h1-2,5-6,9-10,17,25H,3-4,7-8,11-16H2,(H,33,37). The van der Waals surface area contributed by atoms with Crippen LogP contribution in [0.25, 0.3) is 0 Å². The first kappa shape index (κ1) is 26.2. The van der Waals surface area contributed by atoms with Gasteiger partial charge in [0, 0.05) is 13.0 Å². The number of hydrogen-bond donors (Lipinski definition) is 1. The summed E-state index contributed by atoms with van der Waals surface area (Å²) in [6.45, 7) is 2.46. The molecular formula is C28H29F2N5O2. The molecule has 2 fully saturated rings. The van der Waals surface area contributed by atoms with Crippen molar-refractivity contribution in [1.29, 1.82) is 10.5 Å². The molecular weight excluding hydrogens is 476 g/mol. The minimum atomic E-state index is -1.01. The zero-order valence-corrected chi connectivity index (χ0v) is 20.6. The average molecular weight is 506 g/mol. The number of urea groups is 1. The Morgan fingerprint density at radius 3 is 2.57 bits per heavy atom. The Morgan fingerprint density at radius 1 is 1.11 bits per heavy atom. The molecule has 2 aliphatic rings. The first-order valence-corrected chi connectivity index (χ1v) is 12.6. The fourth-order valence-electron chi connectivity index (χ4n) is 5.34. The summed E-state index contributed by atoms with van der Waals surface area (Å²) in [7, 11) is 0. The predicted octanol–water partition coefficient (Wildman–Crippen LogP) is 4.55. The number of rotatable bonds is 6. The van der Waals surface area contributed by atoms with Crippen molar-refractivity contribution < 1.29 is 18.4 Å². The number of carbonyl (C=O) groups excluding carboxylic acids is 2. The molecule has 9 heteroatoms. The van der Waals surface area contributed by atoms with Gasteiger partial charge in [0.2, 0.25) is 5.91 Å². The third kappa shape index (κ3) is 5.63. The van der Waals surface area contributed by atoms with Gasteiger partial charge in [0.1, 0.15) is 0 Å². The molecule has 2 aromatic carbocycles. The van der Waals surface area contributed by atoms with Crippen LogP contribution in [0.4, 0.5) is 13.6 Å². The number of nitrogens with one attached hydrogen (secondary N) is 1. The first-order valence-electron chi connectivity index (χ1n) is 12.6. The summed E-state index contributed by atoms with van der Waals surface area (Å²) in [5, 5.41) is 22.2. The number of halogens is 2. The second-order valence-electron chi connectivity index (χ2n) is 9.62. The SMILES string of the molecule is N#Cc1ccccc1C1(C#N)CCN(CCCNC(=O)N2C(=O)CCCC2c2ccc(F)c(F)c2)CC1. The van der Waals surface area contributed by atoms with Crippen LogP contribution in [0.3, 0.4) is 0 Å². The van der Waals surface area contributed by atoms with E-state index in [1.165, 1.54) is 6.07 Å². The van der Waals surface area contributed by atoms with Crippen LogP contribution in [0.2, 0.25) is 0 Å². The van der Waals surface area contributed by atoms with Crippen LogP contribution >= 0.6 is 0 Å². The van der Waals surface area contributed by atoms with Crippen molar-refractivity contribution in [3.8, 4) is 12.1 Å². The lowest BCUT2D eigenvalue weighted by Gasteiger charge is -2.38. The summed E-state index contributed by atoms with van der Waals surface area (Å²) in [6, 6.07) is 14.2.